The number of hydrogen-bond donors (Lipinski definition) is 0. The molecule has 4 rings (SSSR count). The predicted octanol–water partition coefficient (Wildman–Crippen LogP) is 7.15. The lowest BCUT2D eigenvalue weighted by Gasteiger charge is -2.26. The van der Waals surface area contributed by atoms with Crippen molar-refractivity contribution in [2.45, 2.75) is 65.8 Å². The van der Waals surface area contributed by atoms with Crippen LogP contribution in [0.2, 0.25) is 5.02 Å². The smallest absolute Gasteiger partial charge is 0.211 e. The minimum absolute atomic E-state index is 0.512. The van der Waals surface area contributed by atoms with Gasteiger partial charge in [0.25, 0.3) is 0 Å². The molecule has 0 radical (unpaired) electrons. The predicted molar refractivity (Wildman–Crippen MR) is 127 cm³/mol. The highest BCUT2D eigenvalue weighted by Gasteiger charge is 2.28. The summed E-state index contributed by atoms with van der Waals surface area (Å²) in [4.78, 5) is 7.46. The number of aryl methyl sites for hydroxylation is 3. The van der Waals surface area contributed by atoms with E-state index in [1.807, 2.05) is 6.07 Å². The maximum atomic E-state index is 6.67. The lowest BCUT2D eigenvalue weighted by molar-refractivity contribution is 0.414. The molecule has 4 nitrogen and oxygen atoms in total. The molecular weight excluding hydrogens is 394 g/mol. The van der Waals surface area contributed by atoms with Crippen molar-refractivity contribution in [2.24, 2.45) is 0 Å². The number of benzene rings is 2. The topological polar surface area (TPSA) is 30.3 Å². The molecule has 0 aliphatic carbocycles. The molecule has 0 atom stereocenters. The molecule has 2 heterocycles. The van der Waals surface area contributed by atoms with Crippen molar-refractivity contribution in [3.05, 3.63) is 46.0 Å². The maximum Gasteiger partial charge on any atom is 0.211 e. The second-order valence-corrected chi connectivity index (χ2v) is 8.81. The van der Waals surface area contributed by atoms with Crippen LogP contribution in [0.15, 0.2) is 24.3 Å². The zero-order chi connectivity index (χ0) is 21.4. The van der Waals surface area contributed by atoms with Crippen LogP contribution >= 0.6 is 11.6 Å². The summed E-state index contributed by atoms with van der Waals surface area (Å²) in [7, 11) is 1.75. The molecule has 1 aliphatic heterocycles. The molecule has 1 aromatic heterocycles. The quantitative estimate of drug-likeness (QED) is 0.434. The minimum Gasteiger partial charge on any atom is -0.495 e. The maximum absolute atomic E-state index is 6.67. The normalized spacial score (nSPS) is 14.3. The highest BCUT2D eigenvalue weighted by molar-refractivity contribution is 6.35. The number of hydrogen-bond acceptors (Lipinski definition) is 3. The molecular formula is C25H32ClN3O. The second kappa shape index (κ2) is 8.50. The van der Waals surface area contributed by atoms with Crippen molar-refractivity contribution >= 4 is 34.3 Å². The number of imidazole rings is 1. The Morgan fingerprint density at radius 2 is 1.83 bits per heavy atom. The molecule has 0 amide bonds. The third-order valence-electron chi connectivity index (χ3n) is 6.44. The lowest BCUT2D eigenvalue weighted by atomic mass is 9.93. The first kappa shape index (κ1) is 21.0. The molecule has 160 valence electrons. The first-order valence-electron chi connectivity index (χ1n) is 11.1. The van der Waals surface area contributed by atoms with Crippen LogP contribution in [0.4, 0.5) is 11.6 Å². The van der Waals surface area contributed by atoms with Gasteiger partial charge in [-0.2, -0.15) is 0 Å². The monoisotopic (exact) mass is 425 g/mol. The zero-order valence-electron chi connectivity index (χ0n) is 18.8. The molecule has 30 heavy (non-hydrogen) atoms. The molecule has 3 aromatic rings. The van der Waals surface area contributed by atoms with Crippen LogP contribution in [0.1, 0.15) is 62.1 Å². The average molecular weight is 426 g/mol. The van der Waals surface area contributed by atoms with Gasteiger partial charge in [0.05, 0.1) is 23.3 Å². The Bertz CT molecular complexity index is 1070. The summed E-state index contributed by atoms with van der Waals surface area (Å²) in [6.45, 7) is 10.7. The molecule has 0 bridgehead atoms. The minimum atomic E-state index is 0.512. The summed E-state index contributed by atoms with van der Waals surface area (Å²) in [6, 6.07) is 8.57. The number of methoxy groups -OCH3 is 1. The molecule has 0 fully saturated rings. The summed E-state index contributed by atoms with van der Waals surface area (Å²) in [5.41, 5.74) is 7.03. The van der Waals surface area contributed by atoms with Crippen LogP contribution in [-0.4, -0.2) is 23.2 Å². The molecule has 1 aliphatic rings. The van der Waals surface area contributed by atoms with Gasteiger partial charge in [0, 0.05) is 13.1 Å². The van der Waals surface area contributed by atoms with Crippen LogP contribution in [0, 0.1) is 13.8 Å². The van der Waals surface area contributed by atoms with Crippen molar-refractivity contribution in [1.29, 1.82) is 0 Å². The average Bonchev–Trinajstić information content (AvgIpc) is 2.99. The molecule has 0 unspecified atom stereocenters. The third-order valence-corrected chi connectivity index (χ3v) is 6.74. The van der Waals surface area contributed by atoms with Crippen molar-refractivity contribution in [2.75, 3.05) is 18.6 Å². The van der Waals surface area contributed by atoms with Crippen LogP contribution in [-0.2, 0) is 6.54 Å². The number of ether oxygens (including phenoxy) is 1. The number of nitrogens with zero attached hydrogens (tertiary/aromatic N) is 3. The second-order valence-electron chi connectivity index (χ2n) is 8.40. The fraction of sp³-hybridized carbons (Fsp3) is 0.480. The lowest BCUT2D eigenvalue weighted by Crippen LogP contribution is -2.21. The van der Waals surface area contributed by atoms with E-state index in [1.165, 1.54) is 22.2 Å². The number of fused-ring (bicyclic) bond motifs is 3. The van der Waals surface area contributed by atoms with Gasteiger partial charge in [0.2, 0.25) is 5.95 Å². The van der Waals surface area contributed by atoms with E-state index in [-0.39, 0.29) is 0 Å². The van der Waals surface area contributed by atoms with Crippen LogP contribution in [0.25, 0.3) is 11.0 Å². The van der Waals surface area contributed by atoms with Crippen LogP contribution < -0.4 is 9.64 Å². The Balaban J connectivity index is 1.99. The van der Waals surface area contributed by atoms with E-state index < -0.39 is 0 Å². The van der Waals surface area contributed by atoms with Crippen molar-refractivity contribution < 1.29 is 4.74 Å². The van der Waals surface area contributed by atoms with E-state index in [0.29, 0.717) is 5.92 Å². The molecule has 0 saturated heterocycles. The number of aromatic nitrogens is 2. The van der Waals surface area contributed by atoms with Crippen molar-refractivity contribution in [3.8, 4) is 5.75 Å². The van der Waals surface area contributed by atoms with Gasteiger partial charge in [0.1, 0.15) is 11.3 Å². The van der Waals surface area contributed by atoms with Gasteiger partial charge < -0.3 is 14.2 Å². The Hall–Kier alpha value is -2.20. The highest BCUT2D eigenvalue weighted by Crippen LogP contribution is 2.42. The molecule has 2 aromatic carbocycles. The van der Waals surface area contributed by atoms with E-state index in [2.05, 4.69) is 55.4 Å². The Morgan fingerprint density at radius 3 is 2.53 bits per heavy atom. The van der Waals surface area contributed by atoms with Crippen molar-refractivity contribution in [3.63, 3.8) is 0 Å². The van der Waals surface area contributed by atoms with E-state index in [0.717, 1.165) is 66.7 Å². The third kappa shape index (κ3) is 3.45. The highest BCUT2D eigenvalue weighted by atomic mass is 35.5. The van der Waals surface area contributed by atoms with Gasteiger partial charge in [-0.3, -0.25) is 0 Å². The Labute approximate surface area is 184 Å². The zero-order valence-corrected chi connectivity index (χ0v) is 19.5. The van der Waals surface area contributed by atoms with Gasteiger partial charge in [-0.25, -0.2) is 4.98 Å². The van der Waals surface area contributed by atoms with E-state index >= 15 is 0 Å². The summed E-state index contributed by atoms with van der Waals surface area (Å²) in [6.07, 6.45) is 4.46. The van der Waals surface area contributed by atoms with Crippen LogP contribution in [0.5, 0.6) is 5.75 Å². The number of rotatable bonds is 5. The van der Waals surface area contributed by atoms with Gasteiger partial charge in [-0.15, -0.1) is 0 Å². The van der Waals surface area contributed by atoms with E-state index in [4.69, 9.17) is 21.3 Å². The molecule has 5 heteroatoms. The van der Waals surface area contributed by atoms with Gasteiger partial charge >= 0.3 is 0 Å². The fourth-order valence-electron chi connectivity index (χ4n) is 4.97. The molecule has 0 spiro atoms. The number of anilines is 2. The van der Waals surface area contributed by atoms with Crippen LogP contribution in [0.3, 0.4) is 0 Å². The number of halogens is 1. The first-order valence-corrected chi connectivity index (χ1v) is 11.5. The SMILES string of the molecule is CCC(CC)c1ccc(Cl)c2nc3n(c12)CCCCN3c1c(C)cc(C)cc1OC. The molecule has 0 N–H and O–H groups in total. The van der Waals surface area contributed by atoms with Gasteiger partial charge in [-0.05, 0) is 74.3 Å². The molecule has 0 saturated carbocycles. The first-order chi connectivity index (χ1) is 14.5. The summed E-state index contributed by atoms with van der Waals surface area (Å²) < 4.78 is 8.21. The largest absolute Gasteiger partial charge is 0.495 e. The Morgan fingerprint density at radius 1 is 1.10 bits per heavy atom. The van der Waals surface area contributed by atoms with Gasteiger partial charge in [-0.1, -0.05) is 37.6 Å². The van der Waals surface area contributed by atoms with E-state index in [9.17, 15) is 0 Å². The Kier molecular flexibility index (Phi) is 5.97. The standard InChI is InChI=1S/C25H32ClN3O/c1-6-18(7-2)19-10-11-20(26)22-24(19)29-13-9-8-12-28(25(29)27-22)23-17(4)14-16(3)15-21(23)30-5/h10-11,14-15,18H,6-9,12-13H2,1-5H3. The fourth-order valence-corrected chi connectivity index (χ4v) is 5.17. The van der Waals surface area contributed by atoms with Gasteiger partial charge in [0.15, 0.2) is 0 Å². The summed E-state index contributed by atoms with van der Waals surface area (Å²) in [5, 5.41) is 0.729. The summed E-state index contributed by atoms with van der Waals surface area (Å²) in [5.74, 6) is 2.39. The summed E-state index contributed by atoms with van der Waals surface area (Å²) >= 11 is 6.67. The van der Waals surface area contributed by atoms with Crippen molar-refractivity contribution in [1.82, 2.24) is 9.55 Å². The van der Waals surface area contributed by atoms with E-state index in [1.54, 1.807) is 7.11 Å².